The van der Waals surface area contributed by atoms with Crippen molar-refractivity contribution in [3.8, 4) is 0 Å². The fraction of sp³-hybridized carbons (Fsp3) is 0.333. The number of halogens is 2. The minimum atomic E-state index is -0.222. The van der Waals surface area contributed by atoms with Crippen LogP contribution in [-0.4, -0.2) is 9.97 Å². The van der Waals surface area contributed by atoms with E-state index in [0.717, 1.165) is 36.9 Å². The Morgan fingerprint density at radius 1 is 1.11 bits per heavy atom. The number of aromatic nitrogens is 2. The van der Waals surface area contributed by atoms with Gasteiger partial charge in [0, 0.05) is 17.7 Å². The summed E-state index contributed by atoms with van der Waals surface area (Å²) in [5.41, 5.74) is 2.72. The van der Waals surface area contributed by atoms with Crippen LogP contribution >= 0.6 is 11.6 Å². The van der Waals surface area contributed by atoms with Crippen molar-refractivity contribution in [1.29, 1.82) is 0 Å². The van der Waals surface area contributed by atoms with Crippen molar-refractivity contribution in [3.63, 3.8) is 0 Å². The summed E-state index contributed by atoms with van der Waals surface area (Å²) < 4.78 is 13.6. The van der Waals surface area contributed by atoms with Gasteiger partial charge in [0.25, 0.3) is 0 Å². The van der Waals surface area contributed by atoms with Crippen LogP contribution in [0.3, 0.4) is 0 Å². The average Bonchev–Trinajstić information content (AvgIpc) is 2.42. The van der Waals surface area contributed by atoms with Crippen molar-refractivity contribution in [2.75, 3.05) is 0 Å². The zero-order valence-electron chi connectivity index (χ0n) is 10.5. The average molecular weight is 277 g/mol. The third kappa shape index (κ3) is 2.61. The molecule has 98 valence electrons. The van der Waals surface area contributed by atoms with Gasteiger partial charge in [-0.15, -0.1) is 0 Å². The number of hydrogen-bond donors (Lipinski definition) is 0. The quantitative estimate of drug-likeness (QED) is 0.781. The van der Waals surface area contributed by atoms with Gasteiger partial charge in [0.05, 0.1) is 0 Å². The van der Waals surface area contributed by atoms with E-state index >= 15 is 0 Å². The maximum atomic E-state index is 13.6. The predicted octanol–water partition coefficient (Wildman–Crippen LogP) is 3.74. The smallest absolute Gasteiger partial charge is 0.136 e. The second kappa shape index (κ2) is 5.25. The van der Waals surface area contributed by atoms with Crippen molar-refractivity contribution < 1.29 is 4.39 Å². The van der Waals surface area contributed by atoms with Gasteiger partial charge in [-0.25, -0.2) is 14.4 Å². The molecular formula is C15H14ClFN2. The maximum Gasteiger partial charge on any atom is 0.136 e. The van der Waals surface area contributed by atoms with Crippen LogP contribution in [-0.2, 0) is 19.3 Å². The second-order valence-electron chi connectivity index (χ2n) is 4.83. The molecule has 0 atom stereocenters. The highest BCUT2D eigenvalue weighted by atomic mass is 35.5. The van der Waals surface area contributed by atoms with E-state index in [-0.39, 0.29) is 5.82 Å². The molecule has 1 aliphatic carbocycles. The largest absolute Gasteiger partial charge is 0.237 e. The monoisotopic (exact) mass is 276 g/mol. The molecule has 4 heteroatoms. The maximum absolute atomic E-state index is 13.6. The van der Waals surface area contributed by atoms with E-state index in [0.29, 0.717) is 23.0 Å². The van der Waals surface area contributed by atoms with Gasteiger partial charge in [-0.3, -0.25) is 0 Å². The summed E-state index contributed by atoms with van der Waals surface area (Å²) in [5.74, 6) is 0.385. The number of hydrogen-bond acceptors (Lipinski definition) is 2. The van der Waals surface area contributed by atoms with E-state index in [1.807, 2.05) is 6.07 Å². The third-order valence-electron chi connectivity index (χ3n) is 3.49. The Bertz CT molecular complexity index is 613. The van der Waals surface area contributed by atoms with Gasteiger partial charge in [0.2, 0.25) is 0 Å². The van der Waals surface area contributed by atoms with E-state index in [4.69, 9.17) is 11.6 Å². The lowest BCUT2D eigenvalue weighted by Crippen LogP contribution is -2.11. The van der Waals surface area contributed by atoms with E-state index < -0.39 is 0 Å². The SMILES string of the molecule is Fc1ccccc1Cc1nc(Cl)c2c(n1)CCCC2. The Morgan fingerprint density at radius 2 is 1.89 bits per heavy atom. The van der Waals surface area contributed by atoms with Gasteiger partial charge in [-0.05, 0) is 37.3 Å². The molecule has 1 heterocycles. The summed E-state index contributed by atoms with van der Waals surface area (Å²) in [6.07, 6.45) is 4.57. The van der Waals surface area contributed by atoms with Crippen LogP contribution in [0.4, 0.5) is 4.39 Å². The molecule has 0 radical (unpaired) electrons. The second-order valence-corrected chi connectivity index (χ2v) is 5.19. The molecule has 0 spiro atoms. The van der Waals surface area contributed by atoms with Crippen LogP contribution < -0.4 is 0 Å². The summed E-state index contributed by atoms with van der Waals surface area (Å²) in [6.45, 7) is 0. The summed E-state index contributed by atoms with van der Waals surface area (Å²) in [5, 5.41) is 0.538. The Morgan fingerprint density at radius 3 is 2.74 bits per heavy atom. The van der Waals surface area contributed by atoms with E-state index in [1.165, 1.54) is 6.07 Å². The molecule has 0 bridgehead atoms. The van der Waals surface area contributed by atoms with E-state index in [9.17, 15) is 4.39 Å². The minimum absolute atomic E-state index is 0.222. The Hall–Kier alpha value is -1.48. The molecule has 0 amide bonds. The van der Waals surface area contributed by atoms with Crippen molar-refractivity contribution in [2.24, 2.45) is 0 Å². The highest BCUT2D eigenvalue weighted by molar-refractivity contribution is 6.30. The first kappa shape index (κ1) is 12.5. The molecule has 0 saturated carbocycles. The first-order valence-corrected chi connectivity index (χ1v) is 6.89. The molecule has 2 aromatic rings. The van der Waals surface area contributed by atoms with Gasteiger partial charge in [0.1, 0.15) is 16.8 Å². The van der Waals surface area contributed by atoms with Gasteiger partial charge < -0.3 is 0 Å². The van der Waals surface area contributed by atoms with Gasteiger partial charge in [-0.1, -0.05) is 29.8 Å². The Labute approximate surface area is 116 Å². The molecule has 1 aromatic heterocycles. The number of nitrogens with zero attached hydrogens (tertiary/aromatic N) is 2. The van der Waals surface area contributed by atoms with E-state index in [1.54, 1.807) is 12.1 Å². The molecular weight excluding hydrogens is 263 g/mol. The zero-order chi connectivity index (χ0) is 13.2. The number of rotatable bonds is 2. The fourth-order valence-electron chi connectivity index (χ4n) is 2.49. The molecule has 1 aliphatic rings. The molecule has 0 N–H and O–H groups in total. The standard InChI is InChI=1S/C15H14ClFN2/c16-15-11-6-2-4-8-13(11)18-14(19-15)9-10-5-1-3-7-12(10)17/h1,3,5,7H,2,4,6,8-9H2. The van der Waals surface area contributed by atoms with Crippen LogP contribution in [0, 0.1) is 5.82 Å². The van der Waals surface area contributed by atoms with Crippen LogP contribution in [0.5, 0.6) is 0 Å². The van der Waals surface area contributed by atoms with Gasteiger partial charge >= 0.3 is 0 Å². The lowest BCUT2D eigenvalue weighted by molar-refractivity contribution is 0.610. The molecule has 0 aliphatic heterocycles. The van der Waals surface area contributed by atoms with Crippen LogP contribution in [0.25, 0.3) is 0 Å². The molecule has 0 unspecified atom stereocenters. The van der Waals surface area contributed by atoms with Crippen molar-refractivity contribution in [2.45, 2.75) is 32.1 Å². The highest BCUT2D eigenvalue weighted by Gasteiger charge is 2.17. The summed E-state index contributed by atoms with van der Waals surface area (Å²) in [7, 11) is 0. The number of aryl methyl sites for hydroxylation is 1. The summed E-state index contributed by atoms with van der Waals surface area (Å²) >= 11 is 6.21. The van der Waals surface area contributed by atoms with Crippen molar-refractivity contribution in [1.82, 2.24) is 9.97 Å². The van der Waals surface area contributed by atoms with Crippen LogP contribution in [0.15, 0.2) is 24.3 Å². The van der Waals surface area contributed by atoms with Crippen LogP contribution in [0.2, 0.25) is 5.15 Å². The summed E-state index contributed by atoms with van der Waals surface area (Å²) in [4.78, 5) is 8.86. The van der Waals surface area contributed by atoms with E-state index in [2.05, 4.69) is 9.97 Å². The zero-order valence-corrected chi connectivity index (χ0v) is 11.3. The summed E-state index contributed by atoms with van der Waals surface area (Å²) in [6, 6.07) is 6.71. The third-order valence-corrected chi connectivity index (χ3v) is 3.80. The number of benzene rings is 1. The predicted molar refractivity (Wildman–Crippen MR) is 72.9 cm³/mol. The first-order valence-electron chi connectivity index (χ1n) is 6.51. The van der Waals surface area contributed by atoms with Crippen molar-refractivity contribution in [3.05, 3.63) is 57.9 Å². The molecule has 2 nitrogen and oxygen atoms in total. The molecule has 0 fully saturated rings. The Balaban J connectivity index is 1.94. The molecule has 0 saturated heterocycles. The molecule has 3 rings (SSSR count). The first-order chi connectivity index (χ1) is 9.24. The normalized spacial score (nSPS) is 14.2. The van der Waals surface area contributed by atoms with Crippen molar-refractivity contribution >= 4 is 11.6 Å². The number of fused-ring (bicyclic) bond motifs is 1. The molecule has 19 heavy (non-hydrogen) atoms. The minimum Gasteiger partial charge on any atom is -0.237 e. The Kier molecular flexibility index (Phi) is 3.47. The molecule has 1 aromatic carbocycles. The van der Waals surface area contributed by atoms with Gasteiger partial charge in [-0.2, -0.15) is 0 Å². The van der Waals surface area contributed by atoms with Crippen LogP contribution in [0.1, 0.15) is 35.5 Å². The highest BCUT2D eigenvalue weighted by Crippen LogP contribution is 2.25. The lowest BCUT2D eigenvalue weighted by atomic mass is 9.97. The van der Waals surface area contributed by atoms with Gasteiger partial charge in [0.15, 0.2) is 0 Å². The topological polar surface area (TPSA) is 25.8 Å². The fourth-order valence-corrected chi connectivity index (χ4v) is 2.79. The lowest BCUT2D eigenvalue weighted by Gasteiger charge is -2.16.